The Morgan fingerprint density at radius 1 is 1.50 bits per heavy atom. The first-order chi connectivity index (χ1) is 6.77. The van der Waals surface area contributed by atoms with Crippen molar-refractivity contribution >= 4 is 5.91 Å². The highest BCUT2D eigenvalue weighted by Crippen LogP contribution is 2.19. The number of likely N-dealkylation sites (tertiary alicyclic amines) is 1. The van der Waals surface area contributed by atoms with Crippen LogP contribution in [0.5, 0.6) is 0 Å². The highest BCUT2D eigenvalue weighted by molar-refractivity contribution is 5.75. The molecule has 0 bridgehead atoms. The van der Waals surface area contributed by atoms with Gasteiger partial charge in [-0.05, 0) is 32.7 Å². The monoisotopic (exact) mass is 198 g/mol. The van der Waals surface area contributed by atoms with Gasteiger partial charge in [0.05, 0.1) is 0 Å². The van der Waals surface area contributed by atoms with Crippen LogP contribution in [0.25, 0.3) is 0 Å². The Bertz CT molecular complexity index is 182. The van der Waals surface area contributed by atoms with E-state index >= 15 is 0 Å². The quantitative estimate of drug-likeness (QED) is 0.724. The van der Waals surface area contributed by atoms with E-state index in [1.54, 1.807) is 0 Å². The largest absolute Gasteiger partial charge is 0.356 e. The molecule has 82 valence electrons. The number of carbonyl (C=O) groups excluding carboxylic acids is 1. The first kappa shape index (κ1) is 11.5. The van der Waals surface area contributed by atoms with Crippen molar-refractivity contribution in [2.45, 2.75) is 45.6 Å². The third-order valence-corrected chi connectivity index (χ3v) is 2.97. The standard InChI is InChI=1S/C11H22N2O/c1-3-10-6-5-8-13(10)9-7-11(14)12-4-2/h10H,3-9H2,1-2H3,(H,12,14)/t10-/m1/s1. The molecule has 1 atom stereocenters. The highest BCUT2D eigenvalue weighted by atomic mass is 16.1. The summed E-state index contributed by atoms with van der Waals surface area (Å²) in [5, 5.41) is 2.84. The molecule has 1 heterocycles. The summed E-state index contributed by atoms with van der Waals surface area (Å²) >= 11 is 0. The van der Waals surface area contributed by atoms with Gasteiger partial charge in [-0.3, -0.25) is 9.69 Å². The molecule has 0 saturated carbocycles. The number of carbonyl (C=O) groups is 1. The van der Waals surface area contributed by atoms with Gasteiger partial charge in [0.25, 0.3) is 0 Å². The summed E-state index contributed by atoms with van der Waals surface area (Å²) in [5.41, 5.74) is 0. The molecular weight excluding hydrogens is 176 g/mol. The summed E-state index contributed by atoms with van der Waals surface area (Å²) in [5.74, 6) is 0.189. The second-order valence-corrected chi connectivity index (χ2v) is 3.94. The number of hydrogen-bond acceptors (Lipinski definition) is 2. The lowest BCUT2D eigenvalue weighted by Gasteiger charge is -2.22. The predicted molar refractivity (Wildman–Crippen MR) is 58.2 cm³/mol. The van der Waals surface area contributed by atoms with Crippen LogP contribution in [0, 0.1) is 0 Å². The summed E-state index contributed by atoms with van der Waals surface area (Å²) < 4.78 is 0. The molecule has 1 N–H and O–H groups in total. The van der Waals surface area contributed by atoms with Gasteiger partial charge in [0, 0.05) is 25.6 Å². The molecule has 1 fully saturated rings. The van der Waals surface area contributed by atoms with E-state index in [9.17, 15) is 4.79 Å². The summed E-state index contributed by atoms with van der Waals surface area (Å²) in [4.78, 5) is 13.7. The summed E-state index contributed by atoms with van der Waals surface area (Å²) in [6, 6.07) is 0.726. The molecule has 1 rings (SSSR count). The van der Waals surface area contributed by atoms with Crippen LogP contribution in [0.15, 0.2) is 0 Å². The van der Waals surface area contributed by atoms with Crippen molar-refractivity contribution in [2.75, 3.05) is 19.6 Å². The minimum atomic E-state index is 0.189. The molecule has 0 spiro atoms. The maximum Gasteiger partial charge on any atom is 0.221 e. The van der Waals surface area contributed by atoms with Crippen LogP contribution >= 0.6 is 0 Å². The fourth-order valence-corrected chi connectivity index (χ4v) is 2.18. The molecule has 0 unspecified atom stereocenters. The highest BCUT2D eigenvalue weighted by Gasteiger charge is 2.22. The van der Waals surface area contributed by atoms with Gasteiger partial charge in [-0.2, -0.15) is 0 Å². The van der Waals surface area contributed by atoms with E-state index in [-0.39, 0.29) is 5.91 Å². The molecule has 1 aliphatic rings. The van der Waals surface area contributed by atoms with Crippen molar-refractivity contribution in [3.05, 3.63) is 0 Å². The number of hydrogen-bond donors (Lipinski definition) is 1. The smallest absolute Gasteiger partial charge is 0.221 e. The second kappa shape index (κ2) is 6.02. The van der Waals surface area contributed by atoms with Crippen LogP contribution in [-0.2, 0) is 4.79 Å². The fourth-order valence-electron chi connectivity index (χ4n) is 2.18. The van der Waals surface area contributed by atoms with Gasteiger partial charge in [0.1, 0.15) is 0 Å². The Hall–Kier alpha value is -0.570. The third kappa shape index (κ3) is 3.29. The molecule has 0 aromatic carbocycles. The van der Waals surface area contributed by atoms with E-state index in [0.29, 0.717) is 6.42 Å². The Morgan fingerprint density at radius 3 is 2.93 bits per heavy atom. The average molecular weight is 198 g/mol. The molecule has 3 heteroatoms. The minimum Gasteiger partial charge on any atom is -0.356 e. The molecule has 0 aliphatic carbocycles. The van der Waals surface area contributed by atoms with E-state index in [2.05, 4.69) is 17.1 Å². The molecule has 1 saturated heterocycles. The van der Waals surface area contributed by atoms with Crippen LogP contribution in [0.3, 0.4) is 0 Å². The molecule has 3 nitrogen and oxygen atoms in total. The zero-order valence-corrected chi connectivity index (χ0v) is 9.38. The van der Waals surface area contributed by atoms with Crippen LogP contribution < -0.4 is 5.32 Å². The number of amides is 1. The first-order valence-electron chi connectivity index (χ1n) is 5.78. The van der Waals surface area contributed by atoms with Gasteiger partial charge in [-0.25, -0.2) is 0 Å². The molecule has 1 aliphatic heterocycles. The molecule has 0 radical (unpaired) electrons. The maximum absolute atomic E-state index is 11.3. The zero-order valence-electron chi connectivity index (χ0n) is 9.38. The van der Waals surface area contributed by atoms with Gasteiger partial charge in [0.2, 0.25) is 5.91 Å². The zero-order chi connectivity index (χ0) is 10.4. The third-order valence-electron chi connectivity index (χ3n) is 2.97. The number of nitrogens with one attached hydrogen (secondary N) is 1. The lowest BCUT2D eigenvalue weighted by atomic mass is 10.1. The van der Waals surface area contributed by atoms with E-state index in [1.807, 2.05) is 6.92 Å². The molecule has 14 heavy (non-hydrogen) atoms. The van der Waals surface area contributed by atoms with Crippen LogP contribution in [0.4, 0.5) is 0 Å². The number of nitrogens with zero attached hydrogens (tertiary/aromatic N) is 1. The minimum absolute atomic E-state index is 0.189. The second-order valence-electron chi connectivity index (χ2n) is 3.94. The lowest BCUT2D eigenvalue weighted by Crippen LogP contribution is -2.33. The lowest BCUT2D eigenvalue weighted by molar-refractivity contribution is -0.121. The maximum atomic E-state index is 11.3. The van der Waals surface area contributed by atoms with Crippen LogP contribution in [-0.4, -0.2) is 36.5 Å². The molecular formula is C11H22N2O. The van der Waals surface area contributed by atoms with Crippen molar-refractivity contribution < 1.29 is 4.79 Å². The Balaban J connectivity index is 2.20. The Kier molecular flexibility index (Phi) is 4.94. The van der Waals surface area contributed by atoms with E-state index < -0.39 is 0 Å². The van der Waals surface area contributed by atoms with E-state index in [4.69, 9.17) is 0 Å². The predicted octanol–water partition coefficient (Wildman–Crippen LogP) is 1.39. The summed E-state index contributed by atoms with van der Waals surface area (Å²) in [6.45, 7) is 7.05. The van der Waals surface area contributed by atoms with Crippen LogP contribution in [0.2, 0.25) is 0 Å². The summed E-state index contributed by atoms with van der Waals surface area (Å²) in [6.07, 6.45) is 4.49. The Labute approximate surface area is 86.9 Å². The average Bonchev–Trinajstić information content (AvgIpc) is 2.62. The van der Waals surface area contributed by atoms with Gasteiger partial charge in [0.15, 0.2) is 0 Å². The van der Waals surface area contributed by atoms with Crippen molar-refractivity contribution in [3.63, 3.8) is 0 Å². The summed E-state index contributed by atoms with van der Waals surface area (Å²) in [7, 11) is 0. The molecule has 1 amide bonds. The first-order valence-corrected chi connectivity index (χ1v) is 5.78. The van der Waals surface area contributed by atoms with E-state index in [1.165, 1.54) is 25.8 Å². The van der Waals surface area contributed by atoms with Crippen molar-refractivity contribution in [3.8, 4) is 0 Å². The van der Waals surface area contributed by atoms with Gasteiger partial charge < -0.3 is 5.32 Å². The van der Waals surface area contributed by atoms with Crippen molar-refractivity contribution in [2.24, 2.45) is 0 Å². The van der Waals surface area contributed by atoms with Gasteiger partial charge in [-0.15, -0.1) is 0 Å². The normalized spacial score (nSPS) is 22.6. The topological polar surface area (TPSA) is 32.3 Å². The number of rotatable bonds is 5. The van der Waals surface area contributed by atoms with E-state index in [0.717, 1.165) is 19.1 Å². The van der Waals surface area contributed by atoms with Crippen molar-refractivity contribution in [1.82, 2.24) is 10.2 Å². The molecule has 0 aromatic heterocycles. The fraction of sp³-hybridized carbons (Fsp3) is 0.909. The SMILES string of the molecule is CCNC(=O)CCN1CCC[C@H]1CC. The van der Waals surface area contributed by atoms with Crippen molar-refractivity contribution in [1.29, 1.82) is 0 Å². The van der Waals surface area contributed by atoms with Gasteiger partial charge in [-0.1, -0.05) is 6.92 Å². The molecule has 0 aromatic rings. The van der Waals surface area contributed by atoms with Crippen LogP contribution in [0.1, 0.15) is 39.5 Å². The Morgan fingerprint density at radius 2 is 2.29 bits per heavy atom. The van der Waals surface area contributed by atoms with Gasteiger partial charge >= 0.3 is 0 Å².